The first kappa shape index (κ1) is 17.0. The van der Waals surface area contributed by atoms with Gasteiger partial charge in [-0.1, -0.05) is 19.1 Å². The van der Waals surface area contributed by atoms with Gasteiger partial charge in [-0.2, -0.15) is 5.10 Å². The van der Waals surface area contributed by atoms with Crippen molar-refractivity contribution in [2.45, 2.75) is 20.0 Å². The zero-order chi connectivity index (χ0) is 17.6. The Hall–Kier alpha value is -2.80. The average Bonchev–Trinajstić information content (AvgIpc) is 3.17. The molecule has 25 heavy (non-hydrogen) atoms. The number of hydrogen-bond acceptors (Lipinski definition) is 5. The maximum Gasteiger partial charge on any atom is 0.266 e. The van der Waals surface area contributed by atoms with E-state index in [9.17, 15) is 9.59 Å². The molecular weight excluding hydrogens is 336 g/mol. The third-order valence-electron chi connectivity index (χ3n) is 3.70. The van der Waals surface area contributed by atoms with Crippen molar-refractivity contribution in [3.8, 4) is 10.6 Å². The van der Waals surface area contributed by atoms with Crippen LogP contribution in [0.4, 0.5) is 0 Å². The van der Waals surface area contributed by atoms with Gasteiger partial charge in [0.15, 0.2) is 0 Å². The standard InChI is InChI=1S/C18H18N4O2S/c1-13(18(24)20-11-14-5-2-3-9-19-14)12-22-17(23)8-7-15(21-22)16-6-4-10-25-16/h2-10,13H,11-12H2,1H3,(H,20,24)/t13-/m0/s1. The van der Waals surface area contributed by atoms with Crippen LogP contribution >= 0.6 is 11.3 Å². The van der Waals surface area contributed by atoms with Gasteiger partial charge in [-0.3, -0.25) is 14.6 Å². The van der Waals surface area contributed by atoms with Crippen LogP contribution < -0.4 is 10.9 Å². The van der Waals surface area contributed by atoms with Crippen LogP contribution in [0.2, 0.25) is 0 Å². The predicted molar refractivity (Wildman–Crippen MR) is 97.1 cm³/mol. The van der Waals surface area contributed by atoms with E-state index in [1.807, 2.05) is 35.7 Å². The predicted octanol–water partition coefficient (Wildman–Crippen LogP) is 2.32. The number of amides is 1. The van der Waals surface area contributed by atoms with Gasteiger partial charge in [-0.25, -0.2) is 4.68 Å². The maximum absolute atomic E-state index is 12.3. The van der Waals surface area contributed by atoms with E-state index in [1.54, 1.807) is 30.5 Å². The zero-order valence-electron chi connectivity index (χ0n) is 13.8. The third kappa shape index (κ3) is 4.39. The molecule has 0 spiro atoms. The van der Waals surface area contributed by atoms with Crippen LogP contribution in [0.3, 0.4) is 0 Å². The normalized spacial score (nSPS) is 11.9. The summed E-state index contributed by atoms with van der Waals surface area (Å²) < 4.78 is 1.35. The molecule has 0 radical (unpaired) electrons. The minimum absolute atomic E-state index is 0.138. The average molecular weight is 354 g/mol. The topological polar surface area (TPSA) is 76.9 Å². The van der Waals surface area contributed by atoms with Crippen LogP contribution in [0.15, 0.2) is 58.8 Å². The molecule has 3 aromatic heterocycles. The lowest BCUT2D eigenvalue weighted by atomic mass is 10.1. The number of nitrogens with one attached hydrogen (secondary N) is 1. The molecule has 7 heteroatoms. The first-order valence-corrected chi connectivity index (χ1v) is 8.81. The van der Waals surface area contributed by atoms with Crippen LogP contribution in [0.1, 0.15) is 12.6 Å². The van der Waals surface area contributed by atoms with Gasteiger partial charge in [0.25, 0.3) is 5.56 Å². The van der Waals surface area contributed by atoms with Gasteiger partial charge < -0.3 is 5.32 Å². The molecule has 0 unspecified atom stereocenters. The lowest BCUT2D eigenvalue weighted by Crippen LogP contribution is -2.34. The van der Waals surface area contributed by atoms with Gasteiger partial charge in [0.05, 0.1) is 29.6 Å². The second-order valence-electron chi connectivity index (χ2n) is 5.66. The minimum atomic E-state index is -0.382. The van der Waals surface area contributed by atoms with Gasteiger partial charge in [0.1, 0.15) is 5.69 Å². The van der Waals surface area contributed by atoms with Crippen LogP contribution in [0.25, 0.3) is 10.6 Å². The van der Waals surface area contributed by atoms with Crippen LogP contribution in [0.5, 0.6) is 0 Å². The van der Waals surface area contributed by atoms with E-state index in [4.69, 9.17) is 0 Å². The van der Waals surface area contributed by atoms with E-state index < -0.39 is 0 Å². The number of carbonyl (C=O) groups excluding carboxylic acids is 1. The van der Waals surface area contributed by atoms with Crippen molar-refractivity contribution >= 4 is 17.2 Å². The summed E-state index contributed by atoms with van der Waals surface area (Å²) in [6, 6.07) is 12.6. The second-order valence-corrected chi connectivity index (χ2v) is 6.60. The third-order valence-corrected chi connectivity index (χ3v) is 4.60. The number of thiophene rings is 1. The van der Waals surface area contributed by atoms with E-state index in [0.717, 1.165) is 16.3 Å². The highest BCUT2D eigenvalue weighted by Crippen LogP contribution is 2.21. The summed E-state index contributed by atoms with van der Waals surface area (Å²) in [6.07, 6.45) is 1.68. The molecule has 0 aliphatic rings. The Balaban J connectivity index is 1.66. The van der Waals surface area contributed by atoms with Crippen molar-refractivity contribution in [1.29, 1.82) is 0 Å². The number of rotatable bonds is 6. The number of aromatic nitrogens is 3. The first-order valence-electron chi connectivity index (χ1n) is 7.93. The van der Waals surface area contributed by atoms with Crippen molar-refractivity contribution in [3.63, 3.8) is 0 Å². The molecule has 0 aromatic carbocycles. The Morgan fingerprint density at radius 3 is 2.84 bits per heavy atom. The largest absolute Gasteiger partial charge is 0.350 e. The molecule has 0 aliphatic carbocycles. The molecule has 3 rings (SSSR count). The molecule has 0 bridgehead atoms. The van der Waals surface area contributed by atoms with E-state index in [0.29, 0.717) is 6.54 Å². The molecular formula is C18H18N4O2S. The Morgan fingerprint density at radius 2 is 2.12 bits per heavy atom. The summed E-state index contributed by atoms with van der Waals surface area (Å²) in [5.74, 6) is -0.520. The van der Waals surface area contributed by atoms with Gasteiger partial charge >= 0.3 is 0 Å². The summed E-state index contributed by atoms with van der Waals surface area (Å²) in [5.41, 5.74) is 1.30. The highest BCUT2D eigenvalue weighted by Gasteiger charge is 2.15. The number of pyridine rings is 1. The molecule has 0 fully saturated rings. The van der Waals surface area contributed by atoms with Crippen molar-refractivity contribution < 1.29 is 4.79 Å². The molecule has 1 atom stereocenters. The summed E-state index contributed by atoms with van der Waals surface area (Å²) in [4.78, 5) is 29.5. The Morgan fingerprint density at radius 1 is 1.24 bits per heavy atom. The molecule has 3 aromatic rings. The highest BCUT2D eigenvalue weighted by atomic mass is 32.1. The minimum Gasteiger partial charge on any atom is -0.350 e. The van der Waals surface area contributed by atoms with E-state index in [-0.39, 0.29) is 23.9 Å². The van der Waals surface area contributed by atoms with E-state index >= 15 is 0 Å². The SMILES string of the molecule is C[C@@H](Cn1nc(-c2cccs2)ccc1=O)C(=O)NCc1ccccn1. The van der Waals surface area contributed by atoms with E-state index in [2.05, 4.69) is 15.4 Å². The van der Waals surface area contributed by atoms with Crippen LogP contribution in [0, 0.1) is 5.92 Å². The van der Waals surface area contributed by atoms with Gasteiger partial charge in [-0.05, 0) is 29.6 Å². The second kappa shape index (κ2) is 7.85. The monoisotopic (exact) mass is 354 g/mol. The van der Waals surface area contributed by atoms with Crippen molar-refractivity contribution in [3.05, 3.63) is 70.1 Å². The summed E-state index contributed by atoms with van der Waals surface area (Å²) in [7, 11) is 0. The number of nitrogens with zero attached hydrogens (tertiary/aromatic N) is 3. The van der Waals surface area contributed by atoms with E-state index in [1.165, 1.54) is 10.7 Å². The zero-order valence-corrected chi connectivity index (χ0v) is 14.6. The smallest absolute Gasteiger partial charge is 0.266 e. The van der Waals surface area contributed by atoms with Gasteiger partial charge in [0.2, 0.25) is 5.91 Å². The summed E-state index contributed by atoms with van der Waals surface area (Å²) >= 11 is 1.56. The Labute approximate surface area is 149 Å². The molecule has 0 saturated carbocycles. The lowest BCUT2D eigenvalue weighted by molar-refractivity contribution is -0.125. The molecule has 1 N–H and O–H groups in total. The first-order chi connectivity index (χ1) is 12.1. The molecule has 6 nitrogen and oxygen atoms in total. The van der Waals surface area contributed by atoms with Crippen molar-refractivity contribution in [2.24, 2.45) is 5.92 Å². The van der Waals surface area contributed by atoms with Crippen molar-refractivity contribution in [1.82, 2.24) is 20.1 Å². The van der Waals surface area contributed by atoms with Crippen molar-refractivity contribution in [2.75, 3.05) is 0 Å². The van der Waals surface area contributed by atoms with Gasteiger partial charge in [0, 0.05) is 12.3 Å². The fraction of sp³-hybridized carbons (Fsp3) is 0.222. The maximum atomic E-state index is 12.3. The molecule has 0 saturated heterocycles. The lowest BCUT2D eigenvalue weighted by Gasteiger charge is -2.13. The molecule has 3 heterocycles. The number of carbonyl (C=O) groups is 1. The Kier molecular flexibility index (Phi) is 5.35. The van der Waals surface area contributed by atoms with Crippen LogP contribution in [-0.4, -0.2) is 20.7 Å². The molecule has 0 aliphatic heterocycles. The molecule has 128 valence electrons. The fourth-order valence-electron chi connectivity index (χ4n) is 2.33. The Bertz CT molecular complexity index is 891. The van der Waals surface area contributed by atoms with Crippen LogP contribution in [-0.2, 0) is 17.9 Å². The highest BCUT2D eigenvalue weighted by molar-refractivity contribution is 7.13. The number of hydrogen-bond donors (Lipinski definition) is 1. The van der Waals surface area contributed by atoms with Gasteiger partial charge in [-0.15, -0.1) is 11.3 Å². The fourth-order valence-corrected chi connectivity index (χ4v) is 3.02. The summed E-state index contributed by atoms with van der Waals surface area (Å²) in [5, 5.41) is 9.17. The quantitative estimate of drug-likeness (QED) is 0.737. The molecule has 1 amide bonds. The summed E-state index contributed by atoms with van der Waals surface area (Å²) in [6.45, 7) is 2.37.